The lowest BCUT2D eigenvalue weighted by Gasteiger charge is -2.00. The lowest BCUT2D eigenvalue weighted by Crippen LogP contribution is -2.23. The van der Waals surface area contributed by atoms with Gasteiger partial charge in [0, 0.05) is 5.56 Å². The Balaban J connectivity index is 2.18. The molecule has 0 saturated heterocycles. The molecule has 0 aliphatic carbocycles. The van der Waals surface area contributed by atoms with Crippen molar-refractivity contribution in [1.82, 2.24) is 5.43 Å². The maximum absolute atomic E-state index is 11.2. The number of hydrogen-bond acceptors (Lipinski definition) is 5. The lowest BCUT2D eigenvalue weighted by molar-refractivity contribution is 0.574. The van der Waals surface area contributed by atoms with Crippen LogP contribution in [0.5, 0.6) is 0 Å². The number of nitrogens with two attached hydrogens (primary N) is 2. The van der Waals surface area contributed by atoms with Gasteiger partial charge in [-0.3, -0.25) is 5.43 Å². The molecule has 5 N–H and O–H groups in total. The molecule has 0 aliphatic heterocycles. The second-order valence-electron chi connectivity index (χ2n) is 4.01. The van der Waals surface area contributed by atoms with E-state index in [4.69, 9.17) is 15.3 Å². The van der Waals surface area contributed by atoms with E-state index in [9.17, 15) is 8.42 Å². The number of hydrazone groups is 1. The first-order valence-corrected chi connectivity index (χ1v) is 7.63. The van der Waals surface area contributed by atoms with Gasteiger partial charge in [-0.15, -0.1) is 0 Å². The smallest absolute Gasteiger partial charge is 0.238 e. The molecular weight excluding hydrogens is 312 g/mol. The number of primary sulfonamides is 1. The van der Waals surface area contributed by atoms with Gasteiger partial charge in [0.05, 0.1) is 11.1 Å². The van der Waals surface area contributed by atoms with Crippen LogP contribution in [0.4, 0.5) is 0 Å². The maximum atomic E-state index is 11.2. The van der Waals surface area contributed by atoms with Crippen LogP contribution in [0.2, 0.25) is 0 Å². The minimum Gasteiger partial charge on any atom is -0.455 e. The zero-order chi connectivity index (χ0) is 15.5. The van der Waals surface area contributed by atoms with E-state index in [1.807, 2.05) is 0 Å². The van der Waals surface area contributed by atoms with Crippen LogP contribution >= 0.6 is 12.2 Å². The molecule has 0 saturated carbocycles. The number of hydrogen-bond donors (Lipinski definition) is 3. The van der Waals surface area contributed by atoms with Gasteiger partial charge in [0.15, 0.2) is 5.11 Å². The lowest BCUT2D eigenvalue weighted by atomic mass is 10.2. The van der Waals surface area contributed by atoms with Crippen molar-refractivity contribution in [3.8, 4) is 11.3 Å². The Morgan fingerprint density at radius 1 is 1.24 bits per heavy atom. The quantitative estimate of drug-likeness (QED) is 0.433. The predicted octanol–water partition coefficient (Wildman–Crippen LogP) is 0.761. The maximum Gasteiger partial charge on any atom is 0.238 e. The minimum absolute atomic E-state index is 0.0419. The number of nitrogens with zero attached hydrogens (tertiary/aromatic N) is 1. The predicted molar refractivity (Wildman–Crippen MR) is 83.0 cm³/mol. The molecule has 0 bridgehead atoms. The van der Waals surface area contributed by atoms with Crippen LogP contribution in [0.15, 0.2) is 50.8 Å². The van der Waals surface area contributed by atoms with Gasteiger partial charge >= 0.3 is 0 Å². The third-order valence-corrected chi connectivity index (χ3v) is 3.48. The summed E-state index contributed by atoms with van der Waals surface area (Å²) in [5, 5.41) is 8.85. The van der Waals surface area contributed by atoms with E-state index in [1.54, 1.807) is 24.3 Å². The van der Waals surface area contributed by atoms with E-state index < -0.39 is 10.0 Å². The molecule has 0 fully saturated rings. The molecule has 1 heterocycles. The van der Waals surface area contributed by atoms with Crippen molar-refractivity contribution in [1.29, 1.82) is 0 Å². The highest BCUT2D eigenvalue weighted by Gasteiger charge is 2.09. The summed E-state index contributed by atoms with van der Waals surface area (Å²) in [6, 6.07) is 9.46. The molecule has 7 nitrogen and oxygen atoms in total. The highest BCUT2D eigenvalue weighted by Crippen LogP contribution is 2.22. The Kier molecular flexibility index (Phi) is 4.36. The normalized spacial score (nSPS) is 11.7. The molecular formula is C12H12N4O3S2. The van der Waals surface area contributed by atoms with E-state index in [0.717, 1.165) is 0 Å². The highest BCUT2D eigenvalue weighted by molar-refractivity contribution is 7.89. The third kappa shape index (κ3) is 4.12. The topological polar surface area (TPSA) is 124 Å². The zero-order valence-electron chi connectivity index (χ0n) is 10.7. The highest BCUT2D eigenvalue weighted by atomic mass is 32.2. The van der Waals surface area contributed by atoms with Crippen molar-refractivity contribution in [3.63, 3.8) is 0 Å². The number of rotatable bonds is 4. The summed E-state index contributed by atoms with van der Waals surface area (Å²) in [4.78, 5) is 0.0419. The molecule has 1 aromatic carbocycles. The Hall–Kier alpha value is -2.23. The number of benzene rings is 1. The molecule has 0 spiro atoms. The van der Waals surface area contributed by atoms with E-state index in [0.29, 0.717) is 17.1 Å². The van der Waals surface area contributed by atoms with Gasteiger partial charge in [-0.1, -0.05) is 0 Å². The standard InChI is InChI=1S/C12H12N4O3S2/c13-12(20)16-15-7-9-3-6-11(19-9)8-1-4-10(5-2-8)21(14,17)18/h1-7H,(H3,13,16,20)(H2,14,17,18). The Morgan fingerprint density at radius 2 is 1.90 bits per heavy atom. The molecule has 0 amide bonds. The first-order chi connectivity index (χ1) is 9.86. The average molecular weight is 324 g/mol. The molecule has 0 aliphatic rings. The molecule has 0 radical (unpaired) electrons. The molecule has 1 aromatic heterocycles. The summed E-state index contributed by atoms with van der Waals surface area (Å²) in [5.41, 5.74) is 8.34. The molecule has 21 heavy (non-hydrogen) atoms. The average Bonchev–Trinajstić information content (AvgIpc) is 2.86. The summed E-state index contributed by atoms with van der Waals surface area (Å²) in [7, 11) is -3.70. The van der Waals surface area contributed by atoms with Crippen molar-refractivity contribution >= 4 is 33.6 Å². The molecule has 0 unspecified atom stereocenters. The van der Waals surface area contributed by atoms with Gasteiger partial charge in [0.25, 0.3) is 0 Å². The van der Waals surface area contributed by atoms with Crippen LogP contribution in [0.3, 0.4) is 0 Å². The summed E-state index contributed by atoms with van der Waals surface area (Å²) < 4.78 is 27.9. The summed E-state index contributed by atoms with van der Waals surface area (Å²) in [6.45, 7) is 0. The monoisotopic (exact) mass is 324 g/mol. The molecule has 110 valence electrons. The van der Waals surface area contributed by atoms with Gasteiger partial charge in [-0.25, -0.2) is 13.6 Å². The van der Waals surface area contributed by atoms with Crippen molar-refractivity contribution in [3.05, 3.63) is 42.2 Å². The van der Waals surface area contributed by atoms with Crippen LogP contribution in [0.1, 0.15) is 5.76 Å². The fourth-order valence-corrected chi connectivity index (χ4v) is 2.11. The van der Waals surface area contributed by atoms with E-state index in [2.05, 4.69) is 22.7 Å². The summed E-state index contributed by atoms with van der Waals surface area (Å²) in [6.07, 6.45) is 1.42. The van der Waals surface area contributed by atoms with Crippen molar-refractivity contribution in [2.24, 2.45) is 16.0 Å². The Labute approximate surface area is 126 Å². The van der Waals surface area contributed by atoms with Crippen molar-refractivity contribution in [2.75, 3.05) is 0 Å². The van der Waals surface area contributed by atoms with Gasteiger partial charge in [-0.05, 0) is 48.6 Å². The molecule has 2 rings (SSSR count). The number of thiocarbonyl (C=S) groups is 1. The zero-order valence-corrected chi connectivity index (χ0v) is 12.3. The summed E-state index contributed by atoms with van der Waals surface area (Å²) in [5.74, 6) is 1.05. The number of furan rings is 1. The minimum atomic E-state index is -3.70. The molecule has 2 aromatic rings. The molecule has 9 heteroatoms. The van der Waals surface area contributed by atoms with Gasteiger partial charge in [-0.2, -0.15) is 5.10 Å². The molecule has 0 atom stereocenters. The first kappa shape index (κ1) is 15.2. The second-order valence-corrected chi connectivity index (χ2v) is 6.01. The van der Waals surface area contributed by atoms with E-state index in [-0.39, 0.29) is 10.0 Å². The van der Waals surface area contributed by atoms with Crippen LogP contribution < -0.4 is 16.3 Å². The van der Waals surface area contributed by atoms with Crippen LogP contribution in [0.25, 0.3) is 11.3 Å². The Morgan fingerprint density at radius 3 is 2.48 bits per heavy atom. The Bertz CT molecular complexity index is 779. The SMILES string of the molecule is NC(=S)NN=Cc1ccc(-c2ccc(S(N)(=O)=O)cc2)o1. The van der Waals surface area contributed by atoms with Crippen LogP contribution in [-0.4, -0.2) is 19.7 Å². The fraction of sp³-hybridized carbons (Fsp3) is 0. The van der Waals surface area contributed by atoms with Gasteiger partial charge in [0.1, 0.15) is 11.5 Å². The fourth-order valence-electron chi connectivity index (χ4n) is 1.55. The van der Waals surface area contributed by atoms with Crippen LogP contribution in [0, 0.1) is 0 Å². The largest absolute Gasteiger partial charge is 0.455 e. The number of nitrogens with one attached hydrogen (secondary N) is 1. The van der Waals surface area contributed by atoms with Crippen molar-refractivity contribution < 1.29 is 12.8 Å². The van der Waals surface area contributed by atoms with E-state index in [1.165, 1.54) is 18.3 Å². The van der Waals surface area contributed by atoms with Gasteiger partial charge < -0.3 is 10.2 Å². The number of sulfonamides is 1. The van der Waals surface area contributed by atoms with Crippen LogP contribution in [-0.2, 0) is 10.0 Å². The third-order valence-electron chi connectivity index (χ3n) is 2.46. The first-order valence-electron chi connectivity index (χ1n) is 5.68. The second kappa shape index (κ2) is 6.04. The van der Waals surface area contributed by atoms with Gasteiger partial charge in [0.2, 0.25) is 10.0 Å². The van der Waals surface area contributed by atoms with Crippen molar-refractivity contribution in [2.45, 2.75) is 4.90 Å². The van der Waals surface area contributed by atoms with E-state index >= 15 is 0 Å². The summed E-state index contributed by atoms with van der Waals surface area (Å²) >= 11 is 4.60.